The quantitative estimate of drug-likeness (QED) is 0.479. The van der Waals surface area contributed by atoms with Gasteiger partial charge >= 0.3 is 0 Å². The first kappa shape index (κ1) is 19.9. The third kappa shape index (κ3) is 3.86. The lowest BCUT2D eigenvalue weighted by molar-refractivity contribution is -0.120. The van der Waals surface area contributed by atoms with Crippen molar-refractivity contribution in [3.63, 3.8) is 0 Å². The van der Waals surface area contributed by atoms with Crippen LogP contribution in [0.4, 0.5) is 10.1 Å². The van der Waals surface area contributed by atoms with Gasteiger partial charge in [0.25, 0.3) is 0 Å². The molecule has 0 radical (unpaired) electrons. The molecule has 5 nitrogen and oxygen atoms in total. The number of rotatable bonds is 6. The Morgan fingerprint density at radius 3 is 2.67 bits per heavy atom. The van der Waals surface area contributed by atoms with E-state index in [1.807, 2.05) is 48.3 Å². The fourth-order valence-corrected chi connectivity index (χ4v) is 3.52. The molecule has 1 N–H and O–H groups in total. The number of fused-ring (bicyclic) bond motifs is 3. The zero-order chi connectivity index (χ0) is 21.3. The molecular weight excluding hydrogens is 383 g/mol. The molecule has 0 saturated carbocycles. The maximum atomic E-state index is 13.4. The Labute approximate surface area is 174 Å². The average molecular weight is 406 g/mol. The number of likely N-dealkylation sites (N-methyl/N-ethyl adjacent to an activating group) is 1. The molecule has 154 valence electrons. The lowest BCUT2D eigenvalue weighted by Crippen LogP contribution is -2.39. The fraction of sp³-hybridized carbons (Fsp3) is 0.208. The highest BCUT2D eigenvalue weighted by molar-refractivity contribution is 6.08. The highest BCUT2D eigenvalue weighted by Gasteiger charge is 2.21. The van der Waals surface area contributed by atoms with Crippen molar-refractivity contribution in [1.29, 1.82) is 0 Å². The van der Waals surface area contributed by atoms with E-state index >= 15 is 0 Å². The Morgan fingerprint density at radius 2 is 1.90 bits per heavy atom. The molecule has 0 fully saturated rings. The summed E-state index contributed by atoms with van der Waals surface area (Å²) in [6.07, 6.45) is 0. The van der Waals surface area contributed by atoms with Gasteiger partial charge in [-0.2, -0.15) is 0 Å². The van der Waals surface area contributed by atoms with E-state index in [9.17, 15) is 9.18 Å². The molecule has 0 bridgehead atoms. The normalized spacial score (nSPS) is 12.4. The van der Waals surface area contributed by atoms with Gasteiger partial charge < -0.3 is 14.5 Å². The van der Waals surface area contributed by atoms with Gasteiger partial charge in [0.2, 0.25) is 5.91 Å². The maximum Gasteiger partial charge on any atom is 0.241 e. The van der Waals surface area contributed by atoms with Crippen molar-refractivity contribution in [3.8, 4) is 5.75 Å². The summed E-state index contributed by atoms with van der Waals surface area (Å²) in [6.45, 7) is 2.26. The highest BCUT2D eigenvalue weighted by Crippen LogP contribution is 2.36. The molecule has 1 amide bonds. The zero-order valence-electron chi connectivity index (χ0n) is 17.1. The van der Waals surface area contributed by atoms with Gasteiger partial charge in [-0.15, -0.1) is 0 Å². The molecule has 1 heterocycles. The van der Waals surface area contributed by atoms with Crippen LogP contribution in [0.2, 0.25) is 0 Å². The third-order valence-electron chi connectivity index (χ3n) is 5.32. The molecule has 4 rings (SSSR count). The van der Waals surface area contributed by atoms with Crippen molar-refractivity contribution in [2.24, 2.45) is 0 Å². The first-order chi connectivity index (χ1) is 14.5. The van der Waals surface area contributed by atoms with Crippen LogP contribution in [0.5, 0.6) is 5.75 Å². The number of amides is 1. The highest BCUT2D eigenvalue weighted by atomic mass is 19.1. The van der Waals surface area contributed by atoms with E-state index in [-0.39, 0.29) is 11.7 Å². The van der Waals surface area contributed by atoms with E-state index < -0.39 is 6.04 Å². The molecule has 1 atom stereocenters. The second kappa shape index (κ2) is 8.16. The van der Waals surface area contributed by atoms with Crippen molar-refractivity contribution in [1.82, 2.24) is 4.90 Å². The summed E-state index contributed by atoms with van der Waals surface area (Å²) in [5.41, 5.74) is 2.80. The fourth-order valence-electron chi connectivity index (χ4n) is 3.52. The van der Waals surface area contributed by atoms with Crippen molar-refractivity contribution in [3.05, 3.63) is 72.0 Å². The monoisotopic (exact) mass is 406 g/mol. The van der Waals surface area contributed by atoms with Crippen LogP contribution in [0, 0.1) is 5.82 Å². The van der Waals surface area contributed by atoms with Gasteiger partial charge in [-0.05, 0) is 43.8 Å². The molecule has 1 aromatic heterocycles. The lowest BCUT2D eigenvalue weighted by Gasteiger charge is -2.24. The van der Waals surface area contributed by atoms with Crippen LogP contribution in [0.3, 0.4) is 0 Å². The first-order valence-electron chi connectivity index (χ1n) is 9.71. The second-order valence-electron chi connectivity index (χ2n) is 7.36. The maximum absolute atomic E-state index is 13.4. The van der Waals surface area contributed by atoms with Crippen LogP contribution in [0.1, 0.15) is 12.5 Å². The number of halogens is 1. The molecule has 0 saturated heterocycles. The van der Waals surface area contributed by atoms with E-state index in [1.165, 1.54) is 12.1 Å². The molecular formula is C24H23FN2O3. The molecule has 0 aliphatic heterocycles. The Balaban J connectivity index is 1.56. The minimum atomic E-state index is -0.440. The minimum Gasteiger partial charge on any atom is -0.495 e. The Hall–Kier alpha value is -3.38. The molecule has 30 heavy (non-hydrogen) atoms. The van der Waals surface area contributed by atoms with Gasteiger partial charge in [-0.25, -0.2) is 4.39 Å². The first-order valence-corrected chi connectivity index (χ1v) is 9.71. The number of hydrogen-bond donors (Lipinski definition) is 1. The van der Waals surface area contributed by atoms with E-state index in [4.69, 9.17) is 9.15 Å². The summed E-state index contributed by atoms with van der Waals surface area (Å²) in [5, 5.41) is 4.86. The van der Waals surface area contributed by atoms with Gasteiger partial charge in [0, 0.05) is 23.4 Å². The Bertz CT molecular complexity index is 1220. The van der Waals surface area contributed by atoms with Crippen molar-refractivity contribution < 1.29 is 18.3 Å². The van der Waals surface area contributed by atoms with Gasteiger partial charge in [-0.1, -0.05) is 30.3 Å². The van der Waals surface area contributed by atoms with Crippen molar-refractivity contribution in [2.45, 2.75) is 19.5 Å². The molecule has 0 aliphatic rings. The van der Waals surface area contributed by atoms with Gasteiger partial charge in [0.1, 0.15) is 22.7 Å². The van der Waals surface area contributed by atoms with Crippen LogP contribution in [-0.4, -0.2) is 31.0 Å². The SMILES string of the molecule is COc1cc2c(cc1NC(=O)[C@H](C)N(C)Cc1cccc(F)c1)oc1ccccc12. The predicted octanol–water partition coefficient (Wildman–Crippen LogP) is 5.19. The standard InChI is InChI=1S/C24H23FN2O3/c1-15(27(2)14-16-7-6-8-17(25)11-16)24(28)26-20-13-22-19(12-23(20)29-3)18-9-4-5-10-21(18)30-22/h4-13,15H,14H2,1-3H3,(H,26,28)/t15-/m0/s1. The number of nitrogens with one attached hydrogen (secondary N) is 1. The summed E-state index contributed by atoms with van der Waals surface area (Å²) >= 11 is 0. The summed E-state index contributed by atoms with van der Waals surface area (Å²) in [6, 6.07) is 17.4. The van der Waals surface area contributed by atoms with Crippen LogP contribution in [0.25, 0.3) is 21.9 Å². The predicted molar refractivity (Wildman–Crippen MR) is 116 cm³/mol. The van der Waals surface area contributed by atoms with Gasteiger partial charge in [-0.3, -0.25) is 9.69 Å². The van der Waals surface area contributed by atoms with Crippen LogP contribution < -0.4 is 10.1 Å². The topological polar surface area (TPSA) is 54.7 Å². The number of benzene rings is 3. The van der Waals surface area contributed by atoms with Crippen LogP contribution in [0.15, 0.2) is 65.1 Å². The van der Waals surface area contributed by atoms with E-state index in [0.29, 0.717) is 23.6 Å². The molecule has 0 aliphatic carbocycles. The van der Waals surface area contributed by atoms with Crippen LogP contribution >= 0.6 is 0 Å². The summed E-state index contributed by atoms with van der Waals surface area (Å²) in [5.74, 6) is 0.0759. The third-order valence-corrected chi connectivity index (χ3v) is 5.32. The van der Waals surface area contributed by atoms with E-state index in [2.05, 4.69) is 5.32 Å². The number of para-hydroxylation sites is 1. The summed E-state index contributed by atoms with van der Waals surface area (Å²) < 4.78 is 24.9. The number of methoxy groups -OCH3 is 1. The molecule has 4 aromatic rings. The molecule has 3 aromatic carbocycles. The smallest absolute Gasteiger partial charge is 0.241 e. The van der Waals surface area contributed by atoms with Gasteiger partial charge in [0.05, 0.1) is 18.8 Å². The number of anilines is 1. The van der Waals surface area contributed by atoms with Crippen molar-refractivity contribution >= 4 is 33.5 Å². The number of ether oxygens (including phenoxy) is 1. The number of hydrogen-bond acceptors (Lipinski definition) is 4. The van der Waals surface area contributed by atoms with Crippen molar-refractivity contribution in [2.75, 3.05) is 19.5 Å². The Morgan fingerprint density at radius 1 is 1.10 bits per heavy atom. The molecule has 0 unspecified atom stereocenters. The minimum absolute atomic E-state index is 0.192. The average Bonchev–Trinajstić information content (AvgIpc) is 3.09. The number of carbonyl (C=O) groups is 1. The van der Waals surface area contributed by atoms with Crippen LogP contribution in [-0.2, 0) is 11.3 Å². The van der Waals surface area contributed by atoms with Gasteiger partial charge in [0.15, 0.2) is 0 Å². The zero-order valence-corrected chi connectivity index (χ0v) is 17.1. The number of nitrogens with zero attached hydrogens (tertiary/aromatic N) is 1. The number of carbonyl (C=O) groups excluding carboxylic acids is 1. The van der Waals surface area contributed by atoms with E-state index in [0.717, 1.165) is 21.9 Å². The second-order valence-corrected chi connectivity index (χ2v) is 7.36. The van der Waals surface area contributed by atoms with E-state index in [1.54, 1.807) is 26.2 Å². The lowest BCUT2D eigenvalue weighted by atomic mass is 10.1. The number of furan rings is 1. The summed E-state index contributed by atoms with van der Waals surface area (Å²) in [7, 11) is 3.40. The summed E-state index contributed by atoms with van der Waals surface area (Å²) in [4.78, 5) is 14.7. The Kier molecular flexibility index (Phi) is 5.42. The largest absolute Gasteiger partial charge is 0.495 e. The molecule has 0 spiro atoms. The molecule has 6 heteroatoms.